The number of carbonyl (C=O) groups is 3. The first kappa shape index (κ1) is 25.7. The van der Waals surface area contributed by atoms with Gasteiger partial charge in [0, 0.05) is 25.7 Å². The summed E-state index contributed by atoms with van der Waals surface area (Å²) in [7, 11) is 0. The van der Waals surface area contributed by atoms with E-state index >= 15 is 0 Å². The van der Waals surface area contributed by atoms with Crippen LogP contribution in [0.4, 0.5) is 0 Å². The van der Waals surface area contributed by atoms with E-state index < -0.39 is 35.0 Å². The highest BCUT2D eigenvalue weighted by Crippen LogP contribution is 2.63. The molecule has 3 aliphatic rings. The van der Waals surface area contributed by atoms with Crippen LogP contribution in [0.3, 0.4) is 0 Å². The number of unbranched alkanes of at least 4 members (excludes halogenated alkanes) is 3. The van der Waals surface area contributed by atoms with Gasteiger partial charge in [0.15, 0.2) is 0 Å². The van der Waals surface area contributed by atoms with E-state index in [0.717, 1.165) is 25.7 Å². The Hall–Kier alpha value is -1.93. The van der Waals surface area contributed by atoms with Crippen LogP contribution in [0, 0.1) is 11.8 Å². The molecule has 5 atom stereocenters. The molecular weight excluding hydrogens is 424 g/mol. The Bertz CT molecular complexity index is 770. The van der Waals surface area contributed by atoms with Crippen molar-refractivity contribution in [3.8, 4) is 0 Å². The van der Waals surface area contributed by atoms with E-state index in [4.69, 9.17) is 14.6 Å². The molecule has 3 fully saturated rings. The third-order valence-electron chi connectivity index (χ3n) is 7.59. The number of aliphatic hydroxyl groups excluding tert-OH is 1. The number of fused-ring (bicyclic) bond motifs is 1. The fourth-order valence-corrected chi connectivity index (χ4v) is 6.13. The van der Waals surface area contributed by atoms with Gasteiger partial charge in [-0.25, -0.2) is 0 Å². The molecule has 1 N–H and O–H groups in total. The molecule has 2 bridgehead atoms. The molecule has 3 rings (SSSR count). The monoisotopic (exact) mass is 464 g/mol. The van der Waals surface area contributed by atoms with Gasteiger partial charge >= 0.3 is 5.97 Å². The van der Waals surface area contributed by atoms with E-state index in [9.17, 15) is 14.4 Å². The number of amides is 2. The Balaban J connectivity index is 1.98. The van der Waals surface area contributed by atoms with E-state index in [1.54, 1.807) is 22.8 Å². The zero-order chi connectivity index (χ0) is 24.4. The van der Waals surface area contributed by atoms with Crippen molar-refractivity contribution in [2.45, 2.75) is 89.5 Å². The highest BCUT2D eigenvalue weighted by atomic mass is 16.6. The molecule has 0 aliphatic carbocycles. The number of likely N-dealkylation sites (tertiary alicyclic amines) is 1. The fourth-order valence-electron chi connectivity index (χ4n) is 6.13. The molecule has 8 nitrogen and oxygen atoms in total. The Morgan fingerprint density at radius 3 is 2.61 bits per heavy atom. The molecule has 186 valence electrons. The molecule has 0 aromatic heterocycles. The smallest absolute Gasteiger partial charge is 0.312 e. The molecule has 2 amide bonds. The molecule has 2 unspecified atom stereocenters. The standard InChI is InChI=1S/C25H40N2O6/c1-6-14-26(17(3)4)22(30)20-25-13-12-24(5,33-25)19(23(31)32-7-2)18(25)21(29)27(20)15-10-8-9-11-16-28/h6,17-20,28H,1,7-16H2,2-5H3/t18-,19+,20?,24-,25?/m0/s1. The average Bonchev–Trinajstić information content (AvgIpc) is 3.32. The lowest BCUT2D eigenvalue weighted by molar-refractivity contribution is -0.160. The normalized spacial score (nSPS) is 32.4. The lowest BCUT2D eigenvalue weighted by Crippen LogP contribution is -2.57. The first-order valence-electron chi connectivity index (χ1n) is 12.4. The number of rotatable bonds is 12. The zero-order valence-corrected chi connectivity index (χ0v) is 20.5. The van der Waals surface area contributed by atoms with Gasteiger partial charge in [0.2, 0.25) is 11.8 Å². The number of hydrogen-bond acceptors (Lipinski definition) is 6. The maximum Gasteiger partial charge on any atom is 0.312 e. The molecule has 33 heavy (non-hydrogen) atoms. The van der Waals surface area contributed by atoms with Crippen molar-refractivity contribution in [3.63, 3.8) is 0 Å². The van der Waals surface area contributed by atoms with Crippen molar-refractivity contribution in [1.82, 2.24) is 9.80 Å². The third-order valence-corrected chi connectivity index (χ3v) is 7.59. The van der Waals surface area contributed by atoms with Gasteiger partial charge in [0.1, 0.15) is 17.6 Å². The first-order chi connectivity index (χ1) is 15.7. The molecule has 0 aromatic carbocycles. The van der Waals surface area contributed by atoms with Gasteiger partial charge in [0.05, 0.1) is 18.1 Å². The third kappa shape index (κ3) is 4.32. The van der Waals surface area contributed by atoms with Crippen molar-refractivity contribution < 1.29 is 29.0 Å². The summed E-state index contributed by atoms with van der Waals surface area (Å²) < 4.78 is 11.9. The van der Waals surface area contributed by atoms with Crippen LogP contribution in [0.5, 0.6) is 0 Å². The lowest BCUT2D eigenvalue weighted by Gasteiger charge is -2.38. The van der Waals surface area contributed by atoms with Crippen molar-refractivity contribution in [1.29, 1.82) is 0 Å². The molecule has 8 heteroatoms. The van der Waals surface area contributed by atoms with E-state index in [2.05, 4.69) is 6.58 Å². The van der Waals surface area contributed by atoms with E-state index in [1.807, 2.05) is 20.8 Å². The molecule has 0 aromatic rings. The number of esters is 1. The van der Waals surface area contributed by atoms with Crippen molar-refractivity contribution in [3.05, 3.63) is 12.7 Å². The molecule has 3 aliphatic heterocycles. The fraction of sp³-hybridized carbons (Fsp3) is 0.800. The Labute approximate surface area is 197 Å². The Kier molecular flexibility index (Phi) is 7.89. The molecule has 1 spiro atoms. The second kappa shape index (κ2) is 10.1. The summed E-state index contributed by atoms with van der Waals surface area (Å²) in [5.41, 5.74) is -1.82. The van der Waals surface area contributed by atoms with Crippen molar-refractivity contribution >= 4 is 17.8 Å². The van der Waals surface area contributed by atoms with Gasteiger partial charge < -0.3 is 24.4 Å². The van der Waals surface area contributed by atoms with Crippen molar-refractivity contribution in [2.75, 3.05) is 26.3 Å². The minimum absolute atomic E-state index is 0.0671. The van der Waals surface area contributed by atoms with Gasteiger partial charge in [-0.15, -0.1) is 6.58 Å². The SMILES string of the molecule is C=CCN(C(=O)C1N(CCCCCCO)C(=O)[C@@H]2[C@H](C(=O)OCC)[C@]3(C)CCC12O3)C(C)C. The summed E-state index contributed by atoms with van der Waals surface area (Å²) in [5, 5.41) is 9.04. The van der Waals surface area contributed by atoms with E-state index in [0.29, 0.717) is 25.9 Å². The zero-order valence-electron chi connectivity index (χ0n) is 20.5. The topological polar surface area (TPSA) is 96.4 Å². The van der Waals surface area contributed by atoms with Crippen LogP contribution in [0.2, 0.25) is 0 Å². The average molecular weight is 465 g/mol. The van der Waals surface area contributed by atoms with Crippen LogP contribution >= 0.6 is 0 Å². The first-order valence-corrected chi connectivity index (χ1v) is 12.4. The molecule has 0 saturated carbocycles. The van der Waals surface area contributed by atoms with Crippen LogP contribution in [0.15, 0.2) is 12.7 Å². The second-order valence-electron chi connectivity index (χ2n) is 10.0. The number of carbonyl (C=O) groups excluding carboxylic acids is 3. The molecule has 3 saturated heterocycles. The summed E-state index contributed by atoms with van der Waals surface area (Å²) in [5.74, 6) is -2.16. The summed E-state index contributed by atoms with van der Waals surface area (Å²) in [6.07, 6.45) is 6.02. The summed E-state index contributed by atoms with van der Waals surface area (Å²) >= 11 is 0. The number of nitrogens with zero attached hydrogens (tertiary/aromatic N) is 2. The van der Waals surface area contributed by atoms with Crippen LogP contribution in [-0.4, -0.2) is 82.3 Å². The number of ether oxygens (including phenoxy) is 2. The number of hydrogen-bond donors (Lipinski definition) is 1. The highest BCUT2D eigenvalue weighted by molar-refractivity contribution is 5.98. The second-order valence-corrected chi connectivity index (χ2v) is 10.0. The van der Waals surface area contributed by atoms with Crippen LogP contribution in [0.1, 0.15) is 66.2 Å². The largest absolute Gasteiger partial charge is 0.466 e. The van der Waals surface area contributed by atoms with Gasteiger partial charge in [-0.2, -0.15) is 0 Å². The number of aliphatic hydroxyl groups is 1. The van der Waals surface area contributed by atoms with Crippen LogP contribution in [-0.2, 0) is 23.9 Å². The van der Waals surface area contributed by atoms with E-state index in [-0.39, 0.29) is 31.1 Å². The maximum absolute atomic E-state index is 14.0. The highest BCUT2D eigenvalue weighted by Gasteiger charge is 2.78. The predicted molar refractivity (Wildman–Crippen MR) is 123 cm³/mol. The lowest BCUT2D eigenvalue weighted by atomic mass is 9.66. The van der Waals surface area contributed by atoms with Gasteiger partial charge in [-0.05, 0) is 53.4 Å². The summed E-state index contributed by atoms with van der Waals surface area (Å²) in [6, 6.07) is -0.834. The van der Waals surface area contributed by atoms with Crippen LogP contribution in [0.25, 0.3) is 0 Å². The summed E-state index contributed by atoms with van der Waals surface area (Å²) in [6.45, 7) is 12.5. The molecule has 0 radical (unpaired) electrons. The molecule has 3 heterocycles. The Morgan fingerprint density at radius 1 is 1.30 bits per heavy atom. The van der Waals surface area contributed by atoms with Crippen LogP contribution < -0.4 is 0 Å². The molecular formula is C25H40N2O6. The van der Waals surface area contributed by atoms with Gasteiger partial charge in [-0.3, -0.25) is 14.4 Å². The Morgan fingerprint density at radius 2 is 2.00 bits per heavy atom. The van der Waals surface area contributed by atoms with Gasteiger partial charge in [-0.1, -0.05) is 18.9 Å². The van der Waals surface area contributed by atoms with Crippen molar-refractivity contribution in [2.24, 2.45) is 11.8 Å². The minimum atomic E-state index is -1.01. The summed E-state index contributed by atoms with van der Waals surface area (Å²) in [4.78, 5) is 44.2. The minimum Gasteiger partial charge on any atom is -0.466 e. The van der Waals surface area contributed by atoms with Gasteiger partial charge in [0.25, 0.3) is 0 Å². The predicted octanol–water partition coefficient (Wildman–Crippen LogP) is 2.29. The quantitative estimate of drug-likeness (QED) is 0.270. The maximum atomic E-state index is 14.0. The van der Waals surface area contributed by atoms with E-state index in [1.165, 1.54) is 0 Å².